The maximum Gasteiger partial charge on any atom is 0.253 e. The van der Waals surface area contributed by atoms with Crippen LogP contribution in [0.3, 0.4) is 0 Å². The number of nitrogens with one attached hydrogen (secondary N) is 1. The van der Waals surface area contributed by atoms with Gasteiger partial charge in [0, 0.05) is 18.2 Å². The molecule has 6 heteroatoms. The summed E-state index contributed by atoms with van der Waals surface area (Å²) in [4.78, 5) is 0. The lowest BCUT2D eigenvalue weighted by Crippen LogP contribution is -2.41. The standard InChI is InChI=1S/C16H21N3O3/c1-21-14-9-7-13(8-10-14)19-15(16(20)22-18-19)11-17-12-5-3-2-4-6-12/h7-10,12,17H,2-6,11H2,1H3. The molecular weight excluding hydrogens is 282 g/mol. The molecule has 0 amide bonds. The molecule has 1 aromatic carbocycles. The van der Waals surface area contributed by atoms with E-state index in [1.807, 2.05) is 24.3 Å². The van der Waals surface area contributed by atoms with Crippen LogP contribution in [-0.4, -0.2) is 18.4 Å². The van der Waals surface area contributed by atoms with E-state index in [-0.39, 0.29) is 5.95 Å². The Morgan fingerprint density at radius 2 is 2.00 bits per heavy atom. The summed E-state index contributed by atoms with van der Waals surface area (Å²) in [5.74, 6) is 0.371. The van der Waals surface area contributed by atoms with Gasteiger partial charge in [0.15, 0.2) is 5.95 Å². The van der Waals surface area contributed by atoms with Gasteiger partial charge in [0.25, 0.3) is 5.69 Å². The summed E-state index contributed by atoms with van der Waals surface area (Å²) in [6.45, 7) is 0.471. The second kappa shape index (κ2) is 6.79. The largest absolute Gasteiger partial charge is 0.539 e. The second-order valence-electron chi connectivity index (χ2n) is 5.63. The van der Waals surface area contributed by atoms with Gasteiger partial charge in [-0.3, -0.25) is 0 Å². The summed E-state index contributed by atoms with van der Waals surface area (Å²) in [5.41, 5.74) is 1.31. The monoisotopic (exact) mass is 303 g/mol. The van der Waals surface area contributed by atoms with Crippen LogP contribution in [0.2, 0.25) is 0 Å². The lowest BCUT2D eigenvalue weighted by molar-refractivity contribution is -0.677. The molecule has 1 saturated carbocycles. The number of benzene rings is 1. The molecule has 6 nitrogen and oxygen atoms in total. The minimum atomic E-state index is -0.390. The van der Waals surface area contributed by atoms with Gasteiger partial charge in [-0.2, -0.15) is 0 Å². The van der Waals surface area contributed by atoms with Gasteiger partial charge in [0.1, 0.15) is 5.75 Å². The highest BCUT2D eigenvalue weighted by Gasteiger charge is 2.22. The van der Waals surface area contributed by atoms with E-state index in [0.29, 0.717) is 18.3 Å². The Morgan fingerprint density at radius 3 is 2.68 bits per heavy atom. The molecule has 0 saturated heterocycles. The Morgan fingerprint density at radius 1 is 1.27 bits per heavy atom. The van der Waals surface area contributed by atoms with E-state index in [2.05, 4.69) is 10.6 Å². The maximum atomic E-state index is 11.9. The van der Waals surface area contributed by atoms with Crippen molar-refractivity contribution in [2.24, 2.45) is 0 Å². The van der Waals surface area contributed by atoms with Crippen LogP contribution in [-0.2, 0) is 6.54 Å². The minimum Gasteiger partial charge on any atom is -0.539 e. The maximum absolute atomic E-state index is 11.9. The van der Waals surface area contributed by atoms with Crippen LogP contribution < -0.4 is 19.8 Å². The Balaban J connectivity index is 1.74. The first-order chi connectivity index (χ1) is 10.8. The lowest BCUT2D eigenvalue weighted by Gasteiger charge is -2.21. The van der Waals surface area contributed by atoms with Crippen molar-refractivity contribution in [3.8, 4) is 17.4 Å². The number of methoxy groups -OCH3 is 1. The first-order valence-electron chi connectivity index (χ1n) is 7.73. The van der Waals surface area contributed by atoms with Crippen molar-refractivity contribution in [3.05, 3.63) is 30.0 Å². The molecular formula is C16H21N3O3. The van der Waals surface area contributed by atoms with Gasteiger partial charge in [-0.25, -0.2) is 0 Å². The summed E-state index contributed by atoms with van der Waals surface area (Å²) < 4.78 is 11.5. The van der Waals surface area contributed by atoms with Crippen LogP contribution >= 0.6 is 0 Å². The van der Waals surface area contributed by atoms with Crippen LogP contribution in [0, 0.1) is 0 Å². The smallest absolute Gasteiger partial charge is 0.253 e. The summed E-state index contributed by atoms with van der Waals surface area (Å²) >= 11 is 0. The molecule has 3 rings (SSSR count). The quantitative estimate of drug-likeness (QED) is 0.846. The predicted octanol–water partition coefficient (Wildman–Crippen LogP) is 1.46. The third kappa shape index (κ3) is 3.22. The van der Waals surface area contributed by atoms with Crippen molar-refractivity contribution >= 4 is 0 Å². The van der Waals surface area contributed by atoms with E-state index in [4.69, 9.17) is 9.26 Å². The first-order valence-corrected chi connectivity index (χ1v) is 7.73. The zero-order valence-electron chi connectivity index (χ0n) is 12.7. The number of ether oxygens (including phenoxy) is 1. The summed E-state index contributed by atoms with van der Waals surface area (Å²) in [6.07, 6.45) is 6.15. The van der Waals surface area contributed by atoms with Gasteiger partial charge in [-0.05, 0) is 29.7 Å². The summed E-state index contributed by atoms with van der Waals surface area (Å²) in [6, 6.07) is 7.85. The Kier molecular flexibility index (Phi) is 4.58. The van der Waals surface area contributed by atoms with Crippen molar-refractivity contribution in [2.45, 2.75) is 44.7 Å². The number of hydrogen-bond donors (Lipinski definition) is 1. The Bertz CT molecular complexity index is 604. The van der Waals surface area contributed by atoms with Crippen molar-refractivity contribution in [1.82, 2.24) is 10.6 Å². The molecule has 118 valence electrons. The topological polar surface area (TPSA) is 74.2 Å². The number of nitrogens with zero attached hydrogens (tertiary/aromatic N) is 2. The molecule has 0 aliphatic heterocycles. The van der Waals surface area contributed by atoms with Crippen LogP contribution in [0.15, 0.2) is 28.8 Å². The zero-order chi connectivity index (χ0) is 15.4. The fourth-order valence-corrected chi connectivity index (χ4v) is 2.89. The minimum absolute atomic E-state index is 0.390. The average molecular weight is 303 g/mol. The zero-order valence-corrected chi connectivity index (χ0v) is 12.7. The van der Waals surface area contributed by atoms with Crippen molar-refractivity contribution < 1.29 is 19.0 Å². The Hall–Kier alpha value is -2.08. The third-order valence-electron chi connectivity index (χ3n) is 4.18. The van der Waals surface area contributed by atoms with Crippen molar-refractivity contribution in [3.63, 3.8) is 0 Å². The molecule has 1 aliphatic carbocycles. The highest BCUT2D eigenvalue weighted by molar-refractivity contribution is 5.31. The fraction of sp³-hybridized carbons (Fsp3) is 0.500. The Labute approximate surface area is 129 Å². The molecule has 0 spiro atoms. The van der Waals surface area contributed by atoms with Gasteiger partial charge in [0.2, 0.25) is 5.69 Å². The molecule has 1 aromatic heterocycles. The van der Waals surface area contributed by atoms with Crippen LogP contribution in [0.5, 0.6) is 11.7 Å². The van der Waals surface area contributed by atoms with Gasteiger partial charge < -0.3 is 19.7 Å². The predicted molar refractivity (Wildman–Crippen MR) is 77.7 cm³/mol. The van der Waals surface area contributed by atoms with Crippen LogP contribution in [0.4, 0.5) is 0 Å². The summed E-state index contributed by atoms with van der Waals surface area (Å²) in [7, 11) is 1.62. The average Bonchev–Trinajstić information content (AvgIpc) is 2.95. The molecule has 1 heterocycles. The van der Waals surface area contributed by atoms with Crippen molar-refractivity contribution in [2.75, 3.05) is 7.11 Å². The molecule has 0 radical (unpaired) electrons. The number of rotatable bonds is 5. The molecule has 22 heavy (non-hydrogen) atoms. The molecule has 1 fully saturated rings. The highest BCUT2D eigenvalue weighted by Crippen LogP contribution is 2.19. The second-order valence-corrected chi connectivity index (χ2v) is 5.63. The van der Waals surface area contributed by atoms with E-state index in [1.165, 1.54) is 32.1 Å². The number of aromatic nitrogens is 2. The van der Waals surface area contributed by atoms with E-state index in [0.717, 1.165) is 11.4 Å². The lowest BCUT2D eigenvalue weighted by atomic mass is 9.95. The van der Waals surface area contributed by atoms with E-state index < -0.39 is 0 Å². The summed E-state index contributed by atoms with van der Waals surface area (Å²) in [5, 5.41) is 19.2. The van der Waals surface area contributed by atoms with Crippen molar-refractivity contribution in [1.29, 1.82) is 0 Å². The van der Waals surface area contributed by atoms with Crippen LogP contribution in [0.1, 0.15) is 37.8 Å². The van der Waals surface area contributed by atoms with E-state index >= 15 is 0 Å². The van der Waals surface area contributed by atoms with E-state index in [9.17, 15) is 5.11 Å². The fourth-order valence-electron chi connectivity index (χ4n) is 2.89. The molecule has 0 unspecified atom stereocenters. The molecule has 0 bridgehead atoms. The van der Waals surface area contributed by atoms with Gasteiger partial charge >= 0.3 is 0 Å². The first kappa shape index (κ1) is 14.8. The van der Waals surface area contributed by atoms with Gasteiger partial charge in [-0.15, -0.1) is 0 Å². The normalized spacial score (nSPS) is 15.9. The van der Waals surface area contributed by atoms with Crippen LogP contribution in [0.25, 0.3) is 5.69 Å². The molecule has 0 atom stereocenters. The third-order valence-corrected chi connectivity index (χ3v) is 4.18. The molecule has 1 aliphatic rings. The van der Waals surface area contributed by atoms with E-state index in [1.54, 1.807) is 11.8 Å². The SMILES string of the molecule is COc1ccc(-[n+]2noc([O-])c2CNC2CCCCC2)cc1. The van der Waals surface area contributed by atoms with Gasteiger partial charge in [-0.1, -0.05) is 19.3 Å². The molecule has 2 aromatic rings. The van der Waals surface area contributed by atoms with Gasteiger partial charge in [0.05, 0.1) is 18.9 Å². The number of hydrogen-bond acceptors (Lipinski definition) is 5. The molecule has 1 N–H and O–H groups in total. The highest BCUT2D eigenvalue weighted by atomic mass is 16.6.